The number of nitrogens with zero attached hydrogens (tertiary/aromatic N) is 3. The third kappa shape index (κ3) is 7.96. The van der Waals surface area contributed by atoms with E-state index in [1.807, 2.05) is 57.2 Å². The number of amides is 2. The first-order valence-electron chi connectivity index (χ1n) is 12.6. The van der Waals surface area contributed by atoms with Crippen LogP contribution in [0.1, 0.15) is 56.1 Å². The maximum atomic E-state index is 13.0. The van der Waals surface area contributed by atoms with Crippen LogP contribution in [0.4, 0.5) is 4.79 Å². The van der Waals surface area contributed by atoms with Gasteiger partial charge in [-0.25, -0.2) is 4.79 Å². The van der Waals surface area contributed by atoms with E-state index in [2.05, 4.69) is 40.7 Å². The zero-order valence-electron chi connectivity index (χ0n) is 22.1. The molecule has 3 rings (SSSR count). The Kier molecular flexibility index (Phi) is 9.79. The van der Waals surface area contributed by atoms with Crippen molar-refractivity contribution in [3.05, 3.63) is 63.6 Å². The van der Waals surface area contributed by atoms with Gasteiger partial charge in [0, 0.05) is 48.3 Å². The lowest BCUT2D eigenvalue weighted by molar-refractivity contribution is 0.0141. The minimum atomic E-state index is -0.528. The van der Waals surface area contributed by atoms with Gasteiger partial charge in [-0.15, -0.1) is 0 Å². The van der Waals surface area contributed by atoms with Crippen molar-refractivity contribution in [2.45, 2.75) is 53.4 Å². The Morgan fingerprint density at radius 1 is 0.944 bits per heavy atom. The molecule has 1 heterocycles. The highest BCUT2D eigenvalue weighted by Crippen LogP contribution is 2.26. The summed E-state index contributed by atoms with van der Waals surface area (Å²) in [4.78, 5) is 31.0. The zero-order valence-corrected chi connectivity index (χ0v) is 23.6. The zero-order chi connectivity index (χ0) is 26.3. The van der Waals surface area contributed by atoms with E-state index in [0.717, 1.165) is 41.0 Å². The number of benzene rings is 2. The number of halogens is 1. The second-order valence-corrected chi connectivity index (χ2v) is 10.9. The minimum absolute atomic E-state index is 0.0271. The Hall–Kier alpha value is -2.58. The molecule has 8 heteroatoms. The number of carbonyl (C=O) groups excluding carboxylic acids is 2. The minimum Gasteiger partial charge on any atom is -0.489 e. The molecule has 0 atom stereocenters. The maximum Gasteiger partial charge on any atom is 0.410 e. The molecule has 0 aromatic heterocycles. The van der Waals surface area contributed by atoms with E-state index in [0.29, 0.717) is 38.3 Å². The summed E-state index contributed by atoms with van der Waals surface area (Å²) in [5.41, 5.74) is 2.25. The second-order valence-electron chi connectivity index (χ2n) is 9.96. The van der Waals surface area contributed by atoms with E-state index >= 15 is 0 Å². The van der Waals surface area contributed by atoms with Crippen molar-refractivity contribution < 1.29 is 19.1 Å². The van der Waals surface area contributed by atoms with E-state index < -0.39 is 5.60 Å². The van der Waals surface area contributed by atoms with Crippen molar-refractivity contribution in [1.82, 2.24) is 14.7 Å². The second kappa shape index (κ2) is 12.6. The Labute approximate surface area is 223 Å². The van der Waals surface area contributed by atoms with Crippen LogP contribution in [0.15, 0.2) is 46.9 Å². The van der Waals surface area contributed by atoms with Gasteiger partial charge in [0.2, 0.25) is 0 Å². The lowest BCUT2D eigenvalue weighted by Crippen LogP contribution is -2.51. The molecule has 196 valence electrons. The first-order chi connectivity index (χ1) is 17.1. The highest BCUT2D eigenvalue weighted by atomic mass is 79.9. The van der Waals surface area contributed by atoms with Crippen molar-refractivity contribution in [2.24, 2.45) is 0 Å². The van der Waals surface area contributed by atoms with Crippen LogP contribution in [-0.2, 0) is 17.9 Å². The molecule has 2 amide bonds. The third-order valence-corrected chi connectivity index (χ3v) is 6.62. The summed E-state index contributed by atoms with van der Waals surface area (Å²) >= 11 is 3.57. The molecule has 0 bridgehead atoms. The highest BCUT2D eigenvalue weighted by molar-refractivity contribution is 9.10. The van der Waals surface area contributed by atoms with E-state index in [9.17, 15) is 9.59 Å². The van der Waals surface area contributed by atoms with Gasteiger partial charge in [0.15, 0.2) is 0 Å². The van der Waals surface area contributed by atoms with Crippen LogP contribution in [0.2, 0.25) is 0 Å². The van der Waals surface area contributed by atoms with Crippen molar-refractivity contribution in [1.29, 1.82) is 0 Å². The molecule has 0 spiro atoms. The van der Waals surface area contributed by atoms with Gasteiger partial charge in [0.25, 0.3) is 5.91 Å². The number of rotatable bonds is 8. The molecular formula is C28H38BrN3O4. The molecule has 1 fully saturated rings. The van der Waals surface area contributed by atoms with Gasteiger partial charge in [-0.2, -0.15) is 0 Å². The van der Waals surface area contributed by atoms with Crippen molar-refractivity contribution in [2.75, 3.05) is 39.3 Å². The van der Waals surface area contributed by atoms with Crippen LogP contribution in [0.3, 0.4) is 0 Å². The number of ether oxygens (including phenoxy) is 2. The molecule has 1 aliphatic heterocycles. The third-order valence-electron chi connectivity index (χ3n) is 6.12. The smallest absolute Gasteiger partial charge is 0.410 e. The van der Waals surface area contributed by atoms with Crippen LogP contribution in [0.5, 0.6) is 5.75 Å². The predicted octanol–water partition coefficient (Wildman–Crippen LogP) is 5.56. The van der Waals surface area contributed by atoms with Crippen LogP contribution in [0, 0.1) is 0 Å². The highest BCUT2D eigenvalue weighted by Gasteiger charge is 2.28. The van der Waals surface area contributed by atoms with Crippen LogP contribution in [-0.4, -0.2) is 71.6 Å². The summed E-state index contributed by atoms with van der Waals surface area (Å²) < 4.78 is 12.6. The van der Waals surface area contributed by atoms with E-state index in [1.54, 1.807) is 9.80 Å². The van der Waals surface area contributed by atoms with Gasteiger partial charge < -0.3 is 19.3 Å². The van der Waals surface area contributed by atoms with Gasteiger partial charge in [0.1, 0.15) is 18.0 Å². The molecule has 2 aromatic rings. The maximum absolute atomic E-state index is 13.0. The van der Waals surface area contributed by atoms with Gasteiger partial charge in [-0.05, 0) is 69.8 Å². The number of piperazine rings is 1. The quantitative estimate of drug-likeness (QED) is 0.423. The van der Waals surface area contributed by atoms with Gasteiger partial charge in [-0.1, -0.05) is 41.9 Å². The van der Waals surface area contributed by atoms with Crippen molar-refractivity contribution in [3.63, 3.8) is 0 Å². The van der Waals surface area contributed by atoms with E-state index in [-0.39, 0.29) is 12.0 Å². The molecule has 2 aromatic carbocycles. The summed E-state index contributed by atoms with van der Waals surface area (Å²) in [7, 11) is 0. The molecular weight excluding hydrogens is 522 g/mol. The summed E-state index contributed by atoms with van der Waals surface area (Å²) in [6, 6.07) is 13.7. The fourth-order valence-electron chi connectivity index (χ4n) is 4.01. The summed E-state index contributed by atoms with van der Waals surface area (Å²) in [5, 5.41) is 0. The first-order valence-corrected chi connectivity index (χ1v) is 13.4. The molecule has 0 radical (unpaired) electrons. The molecule has 0 unspecified atom stereocenters. The lowest BCUT2D eigenvalue weighted by Gasteiger charge is -2.35. The Morgan fingerprint density at radius 3 is 2.14 bits per heavy atom. The monoisotopic (exact) mass is 559 g/mol. The predicted molar refractivity (Wildman–Crippen MR) is 145 cm³/mol. The average molecular weight is 561 g/mol. The number of hydrogen-bond donors (Lipinski definition) is 0. The topological polar surface area (TPSA) is 62.3 Å². The summed E-state index contributed by atoms with van der Waals surface area (Å²) in [5.74, 6) is 0.842. The SMILES string of the molecule is CCN(CC)Cc1cc(Br)ccc1OCc1ccc(C(=O)N2CCN(C(=O)OC(C)(C)C)CC2)cc1. The molecule has 1 aliphatic rings. The largest absolute Gasteiger partial charge is 0.489 e. The molecule has 0 N–H and O–H groups in total. The van der Waals surface area contributed by atoms with Gasteiger partial charge >= 0.3 is 6.09 Å². The lowest BCUT2D eigenvalue weighted by atomic mass is 10.1. The van der Waals surface area contributed by atoms with Gasteiger partial charge in [-0.3, -0.25) is 9.69 Å². The van der Waals surface area contributed by atoms with E-state index in [4.69, 9.17) is 9.47 Å². The molecule has 36 heavy (non-hydrogen) atoms. The molecule has 0 saturated carbocycles. The normalized spacial score (nSPS) is 14.2. The van der Waals surface area contributed by atoms with Gasteiger partial charge in [0.05, 0.1) is 0 Å². The Bertz CT molecular complexity index is 1020. The van der Waals surface area contributed by atoms with Crippen LogP contribution < -0.4 is 4.74 Å². The average Bonchev–Trinajstić information content (AvgIpc) is 2.85. The Morgan fingerprint density at radius 2 is 1.56 bits per heavy atom. The molecule has 7 nitrogen and oxygen atoms in total. The van der Waals surface area contributed by atoms with E-state index in [1.165, 1.54) is 0 Å². The molecule has 0 aliphatic carbocycles. The summed E-state index contributed by atoms with van der Waals surface area (Å²) in [6.45, 7) is 15.0. The fourth-order valence-corrected chi connectivity index (χ4v) is 4.41. The summed E-state index contributed by atoms with van der Waals surface area (Å²) in [6.07, 6.45) is -0.329. The van der Waals surface area contributed by atoms with Crippen LogP contribution in [0.25, 0.3) is 0 Å². The number of hydrogen-bond acceptors (Lipinski definition) is 5. The van der Waals surface area contributed by atoms with Crippen LogP contribution >= 0.6 is 15.9 Å². The molecule has 1 saturated heterocycles. The number of carbonyl (C=O) groups is 2. The fraction of sp³-hybridized carbons (Fsp3) is 0.500. The Balaban J connectivity index is 1.55. The van der Waals surface area contributed by atoms with Crippen molar-refractivity contribution in [3.8, 4) is 5.75 Å². The first kappa shape index (κ1) is 28.0. The van der Waals surface area contributed by atoms with Crippen molar-refractivity contribution >= 4 is 27.9 Å². The standard InChI is InChI=1S/C28H38BrN3O4/c1-6-30(7-2)19-23-18-24(29)12-13-25(23)35-20-21-8-10-22(11-9-21)26(33)31-14-16-32(17-15-31)27(34)36-28(3,4)5/h8-13,18H,6-7,14-17,19-20H2,1-5H3.